The Morgan fingerprint density at radius 2 is 1.96 bits per heavy atom. The second kappa shape index (κ2) is 8.08. The van der Waals surface area contributed by atoms with Crippen LogP contribution in [0, 0.1) is 5.92 Å². The number of carbonyl (C=O) groups is 1. The summed E-state index contributed by atoms with van der Waals surface area (Å²) < 4.78 is 0.993. The average Bonchev–Trinajstić information content (AvgIpc) is 3.07. The van der Waals surface area contributed by atoms with E-state index in [2.05, 4.69) is 43.7 Å². The highest BCUT2D eigenvalue weighted by Gasteiger charge is 2.20. The van der Waals surface area contributed by atoms with Crippen LogP contribution in [0.25, 0.3) is 0 Å². The largest absolute Gasteiger partial charge is 0.352 e. The Bertz CT molecular complexity index is 619. The second-order valence-corrected chi connectivity index (χ2v) is 7.96. The monoisotopic (exact) mass is 392 g/mol. The third kappa shape index (κ3) is 4.90. The van der Waals surface area contributed by atoms with Crippen molar-refractivity contribution in [2.45, 2.75) is 19.4 Å². The molecule has 3 rings (SSSR count). The second-order valence-electron chi connectivity index (χ2n) is 6.02. The molecule has 0 spiro atoms. The number of carbonyl (C=O) groups excluding carboxylic acids is 1. The summed E-state index contributed by atoms with van der Waals surface area (Å²) in [4.78, 5) is 16.1. The molecule has 1 saturated heterocycles. The summed E-state index contributed by atoms with van der Waals surface area (Å²) in [6, 6.07) is 11.8. The van der Waals surface area contributed by atoms with Crippen LogP contribution in [0.1, 0.15) is 28.1 Å². The zero-order chi connectivity index (χ0) is 16.1. The minimum atomic E-state index is 0.0264. The number of piperidine rings is 1. The Morgan fingerprint density at radius 1 is 1.22 bits per heavy atom. The first kappa shape index (κ1) is 16.7. The Labute approximate surface area is 149 Å². The standard InChI is InChI=1S/C18H21BrN2OS/c19-16-5-3-15(4-6-16)18(22)20-12-14-7-9-21(10-8-14)13-17-2-1-11-23-17/h1-6,11,14H,7-10,12-13H2,(H,20,22). The smallest absolute Gasteiger partial charge is 0.251 e. The van der Waals surface area contributed by atoms with Crippen LogP contribution in [-0.4, -0.2) is 30.4 Å². The maximum atomic E-state index is 12.1. The van der Waals surface area contributed by atoms with Gasteiger partial charge in [0.2, 0.25) is 0 Å². The fourth-order valence-corrected chi connectivity index (χ4v) is 3.92. The molecule has 1 aliphatic heterocycles. The summed E-state index contributed by atoms with van der Waals surface area (Å²) in [5, 5.41) is 5.22. The van der Waals surface area contributed by atoms with Crippen LogP contribution in [0.3, 0.4) is 0 Å². The van der Waals surface area contributed by atoms with Gasteiger partial charge in [0.05, 0.1) is 0 Å². The summed E-state index contributed by atoms with van der Waals surface area (Å²) in [5.74, 6) is 0.618. The van der Waals surface area contributed by atoms with Crippen LogP contribution in [0.2, 0.25) is 0 Å². The fraction of sp³-hybridized carbons (Fsp3) is 0.389. The van der Waals surface area contributed by atoms with Crippen molar-refractivity contribution in [3.63, 3.8) is 0 Å². The Kier molecular flexibility index (Phi) is 5.86. The quantitative estimate of drug-likeness (QED) is 0.828. The van der Waals surface area contributed by atoms with Gasteiger partial charge in [-0.3, -0.25) is 9.69 Å². The molecule has 122 valence electrons. The van der Waals surface area contributed by atoms with Gasteiger partial charge in [0.25, 0.3) is 5.91 Å². The Hall–Kier alpha value is -1.17. The predicted molar refractivity (Wildman–Crippen MR) is 98.8 cm³/mol. The highest BCUT2D eigenvalue weighted by Crippen LogP contribution is 2.20. The summed E-state index contributed by atoms with van der Waals surface area (Å²) in [6.07, 6.45) is 2.32. The van der Waals surface area contributed by atoms with Gasteiger partial charge in [0, 0.05) is 28.0 Å². The number of amides is 1. The van der Waals surface area contributed by atoms with E-state index in [-0.39, 0.29) is 5.91 Å². The summed E-state index contributed by atoms with van der Waals surface area (Å²) in [5.41, 5.74) is 0.725. The molecule has 3 nitrogen and oxygen atoms in total. The highest BCUT2D eigenvalue weighted by molar-refractivity contribution is 9.10. The molecule has 0 bridgehead atoms. The molecular formula is C18H21BrN2OS. The third-order valence-corrected chi connectivity index (χ3v) is 5.71. The van der Waals surface area contributed by atoms with E-state index in [4.69, 9.17) is 0 Å². The predicted octanol–water partition coefficient (Wildman–Crippen LogP) is 4.15. The van der Waals surface area contributed by atoms with Crippen LogP contribution in [0.5, 0.6) is 0 Å². The van der Waals surface area contributed by atoms with Gasteiger partial charge in [0.1, 0.15) is 0 Å². The molecule has 0 aliphatic carbocycles. The van der Waals surface area contributed by atoms with Gasteiger partial charge >= 0.3 is 0 Å². The zero-order valence-corrected chi connectivity index (χ0v) is 15.4. The molecule has 0 unspecified atom stereocenters. The lowest BCUT2D eigenvalue weighted by Gasteiger charge is -2.31. The summed E-state index contributed by atoms with van der Waals surface area (Å²) in [6.45, 7) is 4.09. The van der Waals surface area contributed by atoms with Crippen molar-refractivity contribution < 1.29 is 4.79 Å². The molecule has 2 heterocycles. The minimum absolute atomic E-state index is 0.0264. The molecule has 0 radical (unpaired) electrons. The average molecular weight is 393 g/mol. The van der Waals surface area contributed by atoms with Gasteiger partial charge in [0.15, 0.2) is 0 Å². The maximum Gasteiger partial charge on any atom is 0.251 e. The van der Waals surface area contributed by atoms with E-state index in [1.54, 1.807) is 0 Å². The molecule has 23 heavy (non-hydrogen) atoms. The van der Waals surface area contributed by atoms with Crippen molar-refractivity contribution in [2.24, 2.45) is 5.92 Å². The maximum absolute atomic E-state index is 12.1. The van der Waals surface area contributed by atoms with Crippen molar-refractivity contribution in [2.75, 3.05) is 19.6 Å². The van der Waals surface area contributed by atoms with Gasteiger partial charge < -0.3 is 5.32 Å². The molecule has 5 heteroatoms. The van der Waals surface area contributed by atoms with Crippen LogP contribution in [0.4, 0.5) is 0 Å². The van der Waals surface area contributed by atoms with Gasteiger partial charge in [-0.05, 0) is 67.6 Å². The molecular weight excluding hydrogens is 372 g/mol. The lowest BCUT2D eigenvalue weighted by Crippen LogP contribution is -2.38. The molecule has 0 atom stereocenters. The van der Waals surface area contributed by atoms with Crippen LogP contribution in [0.15, 0.2) is 46.3 Å². The third-order valence-electron chi connectivity index (χ3n) is 4.32. The van der Waals surface area contributed by atoms with E-state index in [1.807, 2.05) is 35.6 Å². The van der Waals surface area contributed by atoms with Crippen LogP contribution in [-0.2, 0) is 6.54 Å². The Morgan fingerprint density at radius 3 is 2.61 bits per heavy atom. The van der Waals surface area contributed by atoms with Crippen molar-refractivity contribution in [1.82, 2.24) is 10.2 Å². The number of benzene rings is 1. The SMILES string of the molecule is O=C(NCC1CCN(Cc2cccs2)CC1)c1ccc(Br)cc1. The van der Waals surface area contributed by atoms with E-state index in [0.29, 0.717) is 5.92 Å². The van der Waals surface area contributed by atoms with E-state index < -0.39 is 0 Å². The summed E-state index contributed by atoms with van der Waals surface area (Å²) in [7, 11) is 0. The number of thiophene rings is 1. The van der Waals surface area contributed by atoms with Gasteiger partial charge in [-0.25, -0.2) is 0 Å². The number of hydrogen-bond acceptors (Lipinski definition) is 3. The first-order valence-corrected chi connectivity index (χ1v) is 9.66. The van der Waals surface area contributed by atoms with Crippen molar-refractivity contribution in [3.05, 3.63) is 56.7 Å². The van der Waals surface area contributed by atoms with Crippen LogP contribution < -0.4 is 5.32 Å². The molecule has 1 aliphatic rings. The molecule has 1 aromatic carbocycles. The zero-order valence-electron chi connectivity index (χ0n) is 13.0. The molecule has 1 amide bonds. The first-order chi connectivity index (χ1) is 11.2. The van der Waals surface area contributed by atoms with Gasteiger partial charge in [-0.15, -0.1) is 11.3 Å². The lowest BCUT2D eigenvalue weighted by atomic mass is 9.96. The topological polar surface area (TPSA) is 32.3 Å². The van der Waals surface area contributed by atoms with E-state index in [1.165, 1.54) is 4.88 Å². The van der Waals surface area contributed by atoms with Gasteiger partial charge in [-0.2, -0.15) is 0 Å². The fourth-order valence-electron chi connectivity index (χ4n) is 2.91. The lowest BCUT2D eigenvalue weighted by molar-refractivity contribution is 0.0935. The molecule has 0 saturated carbocycles. The van der Waals surface area contributed by atoms with Crippen LogP contribution >= 0.6 is 27.3 Å². The van der Waals surface area contributed by atoms with E-state index in [0.717, 1.165) is 49.1 Å². The van der Waals surface area contributed by atoms with Crippen molar-refractivity contribution >= 4 is 33.2 Å². The highest BCUT2D eigenvalue weighted by atomic mass is 79.9. The van der Waals surface area contributed by atoms with Crippen molar-refractivity contribution in [1.29, 1.82) is 0 Å². The number of nitrogens with zero attached hydrogens (tertiary/aromatic N) is 1. The molecule has 1 aromatic heterocycles. The number of halogens is 1. The first-order valence-electron chi connectivity index (χ1n) is 7.99. The number of rotatable bonds is 5. The molecule has 1 fully saturated rings. The molecule has 1 N–H and O–H groups in total. The van der Waals surface area contributed by atoms with E-state index in [9.17, 15) is 4.79 Å². The van der Waals surface area contributed by atoms with E-state index >= 15 is 0 Å². The summed E-state index contributed by atoms with van der Waals surface area (Å²) >= 11 is 5.22. The number of hydrogen-bond donors (Lipinski definition) is 1. The Balaban J connectivity index is 1.40. The minimum Gasteiger partial charge on any atom is -0.352 e. The van der Waals surface area contributed by atoms with Crippen molar-refractivity contribution in [3.8, 4) is 0 Å². The normalized spacial score (nSPS) is 16.4. The number of likely N-dealkylation sites (tertiary alicyclic amines) is 1. The number of nitrogens with one attached hydrogen (secondary N) is 1. The van der Waals surface area contributed by atoms with Gasteiger partial charge in [-0.1, -0.05) is 22.0 Å². The molecule has 2 aromatic rings.